The summed E-state index contributed by atoms with van der Waals surface area (Å²) in [6.07, 6.45) is 3.29. The molecule has 0 aliphatic heterocycles. The van der Waals surface area contributed by atoms with Crippen LogP contribution in [0.2, 0.25) is 0 Å². The van der Waals surface area contributed by atoms with Gasteiger partial charge in [0.05, 0.1) is 18.2 Å². The zero-order valence-electron chi connectivity index (χ0n) is 8.05. The Balaban J connectivity index is 2.39. The average Bonchev–Trinajstić information content (AvgIpc) is 2.09. The van der Waals surface area contributed by atoms with Gasteiger partial charge in [0.2, 0.25) is 5.91 Å². The van der Waals surface area contributed by atoms with Crippen LogP contribution >= 0.6 is 0 Å². The third kappa shape index (κ3) is 2.19. The van der Waals surface area contributed by atoms with Crippen LogP contribution < -0.4 is 11.1 Å². The van der Waals surface area contributed by atoms with Crippen LogP contribution in [-0.4, -0.2) is 29.2 Å². The quantitative estimate of drug-likeness (QED) is 0.567. The van der Waals surface area contributed by atoms with Crippen molar-refractivity contribution in [2.24, 2.45) is 5.73 Å². The predicted molar refractivity (Wildman–Crippen MR) is 50.1 cm³/mol. The number of aliphatic hydroxyl groups is 1. The van der Waals surface area contributed by atoms with Crippen LogP contribution in [-0.2, 0) is 4.79 Å². The summed E-state index contributed by atoms with van der Waals surface area (Å²) in [7, 11) is 0. The molecular weight excluding hydrogens is 168 g/mol. The summed E-state index contributed by atoms with van der Waals surface area (Å²) in [5.74, 6) is -0.111. The molecular formula is C9H18N2O2. The molecule has 1 aliphatic rings. The fraction of sp³-hybridized carbons (Fsp3) is 0.889. The molecule has 0 unspecified atom stereocenters. The number of aliphatic hydroxyl groups excluding tert-OH is 1. The number of hydrogen-bond acceptors (Lipinski definition) is 3. The molecule has 1 atom stereocenters. The van der Waals surface area contributed by atoms with Gasteiger partial charge in [-0.15, -0.1) is 0 Å². The lowest BCUT2D eigenvalue weighted by molar-refractivity contribution is -0.130. The molecule has 0 aromatic heterocycles. The number of carbonyl (C=O) groups is 1. The minimum Gasteiger partial charge on any atom is -0.394 e. The molecule has 4 heteroatoms. The number of hydrogen-bond donors (Lipinski definition) is 3. The van der Waals surface area contributed by atoms with Gasteiger partial charge in [0.1, 0.15) is 0 Å². The second-order valence-corrected chi connectivity index (χ2v) is 3.77. The van der Waals surface area contributed by atoms with E-state index >= 15 is 0 Å². The lowest BCUT2D eigenvalue weighted by atomic mass is 9.77. The predicted octanol–water partition coefficient (Wildman–Crippen LogP) is -0.245. The Bertz CT molecular complexity index is 186. The minimum absolute atomic E-state index is 0.0156. The van der Waals surface area contributed by atoms with E-state index in [4.69, 9.17) is 10.8 Å². The summed E-state index contributed by atoms with van der Waals surface area (Å²) in [5, 5.41) is 11.6. The van der Waals surface area contributed by atoms with E-state index in [9.17, 15) is 4.79 Å². The second kappa shape index (κ2) is 4.07. The number of nitrogens with two attached hydrogens (primary N) is 1. The second-order valence-electron chi connectivity index (χ2n) is 3.77. The molecule has 0 heterocycles. The van der Waals surface area contributed by atoms with Crippen LogP contribution in [0.15, 0.2) is 0 Å². The largest absolute Gasteiger partial charge is 0.394 e. The fourth-order valence-electron chi connectivity index (χ4n) is 1.39. The molecule has 0 spiro atoms. The maximum atomic E-state index is 11.5. The highest BCUT2D eigenvalue weighted by Gasteiger charge is 2.40. The number of carbonyl (C=O) groups excluding carboxylic acids is 1. The van der Waals surface area contributed by atoms with E-state index in [2.05, 4.69) is 5.32 Å². The van der Waals surface area contributed by atoms with E-state index in [1.54, 1.807) is 0 Å². The molecule has 1 aliphatic carbocycles. The third-order valence-corrected chi connectivity index (χ3v) is 2.75. The summed E-state index contributed by atoms with van der Waals surface area (Å²) in [6.45, 7) is 1.91. The molecule has 1 amide bonds. The van der Waals surface area contributed by atoms with Gasteiger partial charge in [-0.1, -0.05) is 6.92 Å². The maximum Gasteiger partial charge on any atom is 0.240 e. The average molecular weight is 186 g/mol. The Morgan fingerprint density at radius 2 is 2.31 bits per heavy atom. The van der Waals surface area contributed by atoms with Crippen molar-refractivity contribution >= 4 is 5.91 Å². The van der Waals surface area contributed by atoms with Gasteiger partial charge in [-0.25, -0.2) is 0 Å². The van der Waals surface area contributed by atoms with Crippen LogP contribution in [0.1, 0.15) is 32.6 Å². The summed E-state index contributed by atoms with van der Waals surface area (Å²) in [5.41, 5.74) is 5.16. The van der Waals surface area contributed by atoms with Gasteiger partial charge < -0.3 is 16.2 Å². The van der Waals surface area contributed by atoms with Crippen LogP contribution in [0.5, 0.6) is 0 Å². The van der Waals surface area contributed by atoms with Crippen LogP contribution in [0.4, 0.5) is 0 Å². The van der Waals surface area contributed by atoms with Gasteiger partial charge in [0.25, 0.3) is 0 Å². The molecule has 4 nitrogen and oxygen atoms in total. The van der Waals surface area contributed by atoms with E-state index in [0.717, 1.165) is 25.7 Å². The lowest BCUT2D eigenvalue weighted by Gasteiger charge is -2.37. The Kier molecular flexibility index (Phi) is 3.27. The Morgan fingerprint density at radius 3 is 2.62 bits per heavy atom. The molecule has 4 N–H and O–H groups in total. The lowest BCUT2D eigenvalue weighted by Crippen LogP contribution is -2.60. The summed E-state index contributed by atoms with van der Waals surface area (Å²) >= 11 is 0. The van der Waals surface area contributed by atoms with Crippen molar-refractivity contribution in [1.29, 1.82) is 0 Å². The van der Waals surface area contributed by atoms with Gasteiger partial charge in [0, 0.05) is 0 Å². The van der Waals surface area contributed by atoms with Crippen molar-refractivity contribution in [3.8, 4) is 0 Å². The van der Waals surface area contributed by atoms with Crippen molar-refractivity contribution in [3.05, 3.63) is 0 Å². The van der Waals surface area contributed by atoms with Gasteiger partial charge >= 0.3 is 0 Å². The van der Waals surface area contributed by atoms with Crippen molar-refractivity contribution in [2.45, 2.75) is 44.2 Å². The van der Waals surface area contributed by atoms with E-state index < -0.39 is 5.54 Å². The molecule has 13 heavy (non-hydrogen) atoms. The van der Waals surface area contributed by atoms with E-state index in [1.807, 2.05) is 6.92 Å². The van der Waals surface area contributed by atoms with Crippen LogP contribution in [0.3, 0.4) is 0 Å². The first-order valence-corrected chi connectivity index (χ1v) is 4.83. The highest BCUT2D eigenvalue weighted by Crippen LogP contribution is 2.29. The molecule has 0 radical (unpaired) electrons. The fourth-order valence-corrected chi connectivity index (χ4v) is 1.39. The molecule has 0 saturated heterocycles. The Morgan fingerprint density at radius 1 is 1.69 bits per heavy atom. The first kappa shape index (κ1) is 10.5. The summed E-state index contributed by atoms with van der Waals surface area (Å²) < 4.78 is 0. The van der Waals surface area contributed by atoms with E-state index in [-0.39, 0.29) is 18.6 Å². The number of rotatable bonds is 4. The highest BCUT2D eigenvalue weighted by molar-refractivity contribution is 5.87. The van der Waals surface area contributed by atoms with Gasteiger partial charge in [-0.3, -0.25) is 4.79 Å². The van der Waals surface area contributed by atoms with E-state index in [1.165, 1.54) is 0 Å². The van der Waals surface area contributed by atoms with Crippen molar-refractivity contribution in [2.75, 3.05) is 6.61 Å². The minimum atomic E-state index is -0.650. The van der Waals surface area contributed by atoms with Crippen LogP contribution in [0.25, 0.3) is 0 Å². The normalized spacial score (nSPS) is 21.8. The molecule has 1 rings (SSSR count). The number of amides is 1. The number of nitrogens with one attached hydrogen (secondary N) is 1. The zero-order chi connectivity index (χ0) is 9.90. The molecule has 76 valence electrons. The molecule has 1 fully saturated rings. The molecule has 0 bridgehead atoms. The Labute approximate surface area is 78.5 Å². The summed E-state index contributed by atoms with van der Waals surface area (Å²) in [6, 6.07) is -0.145. The SMILES string of the molecule is CC[C@@H](CO)NC(=O)C1(N)CCC1. The van der Waals surface area contributed by atoms with Crippen molar-refractivity contribution in [3.63, 3.8) is 0 Å². The summed E-state index contributed by atoms with van der Waals surface area (Å²) in [4.78, 5) is 11.5. The molecule has 0 aromatic carbocycles. The monoisotopic (exact) mass is 186 g/mol. The highest BCUT2D eigenvalue weighted by atomic mass is 16.3. The zero-order valence-corrected chi connectivity index (χ0v) is 8.05. The first-order valence-electron chi connectivity index (χ1n) is 4.83. The van der Waals surface area contributed by atoms with Crippen molar-refractivity contribution < 1.29 is 9.90 Å². The molecule has 0 aromatic rings. The smallest absolute Gasteiger partial charge is 0.240 e. The topological polar surface area (TPSA) is 75.3 Å². The van der Waals surface area contributed by atoms with Gasteiger partial charge in [0.15, 0.2) is 0 Å². The van der Waals surface area contributed by atoms with Crippen LogP contribution in [0, 0.1) is 0 Å². The third-order valence-electron chi connectivity index (χ3n) is 2.75. The van der Waals surface area contributed by atoms with Gasteiger partial charge in [-0.2, -0.15) is 0 Å². The van der Waals surface area contributed by atoms with Crippen molar-refractivity contribution in [1.82, 2.24) is 5.32 Å². The first-order chi connectivity index (χ1) is 6.12. The molecule has 1 saturated carbocycles. The van der Waals surface area contributed by atoms with Gasteiger partial charge in [-0.05, 0) is 25.7 Å². The standard InChI is InChI=1S/C9H18N2O2/c1-2-7(6-12)11-8(13)9(10)4-3-5-9/h7,12H,2-6,10H2,1H3,(H,11,13)/t7-/m0/s1. The van der Waals surface area contributed by atoms with E-state index in [0.29, 0.717) is 0 Å². The Hall–Kier alpha value is -0.610. The maximum absolute atomic E-state index is 11.5.